The van der Waals surface area contributed by atoms with E-state index in [-0.39, 0.29) is 5.91 Å². The van der Waals surface area contributed by atoms with E-state index in [1.807, 2.05) is 37.3 Å². The summed E-state index contributed by atoms with van der Waals surface area (Å²) in [6.45, 7) is 6.11. The maximum absolute atomic E-state index is 12.6. The summed E-state index contributed by atoms with van der Waals surface area (Å²) in [6, 6.07) is 13.4. The molecule has 1 heterocycles. The Labute approximate surface area is 148 Å². The number of anilines is 1. The van der Waals surface area contributed by atoms with Crippen LogP contribution in [0.5, 0.6) is 5.75 Å². The molecule has 0 spiro atoms. The molecule has 5 heteroatoms. The van der Waals surface area contributed by atoms with Crippen molar-refractivity contribution in [1.82, 2.24) is 4.90 Å². The van der Waals surface area contributed by atoms with Gasteiger partial charge in [0.2, 0.25) is 0 Å². The van der Waals surface area contributed by atoms with Crippen molar-refractivity contribution >= 4 is 11.6 Å². The van der Waals surface area contributed by atoms with Crippen molar-refractivity contribution in [3.8, 4) is 5.75 Å². The Bertz CT molecular complexity index is 739. The number of nitrogens with one attached hydrogen (secondary N) is 1. The molecule has 5 nitrogen and oxygen atoms in total. The predicted octanol–water partition coefficient (Wildman–Crippen LogP) is 3.09. The van der Waals surface area contributed by atoms with Crippen LogP contribution >= 0.6 is 0 Å². The Balaban J connectivity index is 1.75. The fourth-order valence-electron chi connectivity index (χ4n) is 2.94. The molecule has 3 rings (SSSR count). The van der Waals surface area contributed by atoms with Gasteiger partial charge in [0.05, 0.1) is 20.3 Å². The summed E-state index contributed by atoms with van der Waals surface area (Å²) in [5.41, 5.74) is 3.55. The second-order valence-corrected chi connectivity index (χ2v) is 6.18. The molecule has 1 aliphatic rings. The Hall–Kier alpha value is -2.37. The molecule has 2 aromatic rings. The largest absolute Gasteiger partial charge is 0.496 e. The van der Waals surface area contributed by atoms with Gasteiger partial charge in [-0.25, -0.2) is 0 Å². The highest BCUT2D eigenvalue weighted by Crippen LogP contribution is 2.22. The van der Waals surface area contributed by atoms with Gasteiger partial charge in [-0.2, -0.15) is 0 Å². The van der Waals surface area contributed by atoms with E-state index in [0.717, 1.165) is 49.7 Å². The number of carbonyl (C=O) groups excluding carboxylic acids is 1. The van der Waals surface area contributed by atoms with Crippen molar-refractivity contribution < 1.29 is 14.3 Å². The van der Waals surface area contributed by atoms with Crippen molar-refractivity contribution in [2.75, 3.05) is 38.7 Å². The molecule has 1 fully saturated rings. The van der Waals surface area contributed by atoms with Crippen LogP contribution in [-0.4, -0.2) is 44.2 Å². The molecule has 1 aliphatic heterocycles. The van der Waals surface area contributed by atoms with E-state index in [1.165, 1.54) is 0 Å². The molecule has 0 radical (unpaired) electrons. The lowest BCUT2D eigenvalue weighted by Gasteiger charge is -2.27. The SMILES string of the molecule is COc1cc(C(=O)Nc2ccccc2CN2CCOCC2)ccc1C. The number of ether oxygens (including phenoxy) is 2. The first-order valence-corrected chi connectivity index (χ1v) is 8.51. The van der Waals surface area contributed by atoms with E-state index in [4.69, 9.17) is 9.47 Å². The van der Waals surface area contributed by atoms with Crippen LogP contribution in [0.1, 0.15) is 21.5 Å². The lowest BCUT2D eigenvalue weighted by molar-refractivity contribution is 0.0342. The maximum atomic E-state index is 12.6. The molecule has 132 valence electrons. The minimum atomic E-state index is -0.132. The van der Waals surface area contributed by atoms with Gasteiger partial charge < -0.3 is 14.8 Å². The minimum absolute atomic E-state index is 0.132. The van der Waals surface area contributed by atoms with Gasteiger partial charge >= 0.3 is 0 Å². The van der Waals surface area contributed by atoms with Crippen molar-refractivity contribution in [3.63, 3.8) is 0 Å². The van der Waals surface area contributed by atoms with E-state index in [0.29, 0.717) is 11.3 Å². The fraction of sp³-hybridized carbons (Fsp3) is 0.350. The summed E-state index contributed by atoms with van der Waals surface area (Å²) in [5.74, 6) is 0.585. The molecule has 1 amide bonds. The average molecular weight is 340 g/mol. The van der Waals surface area contributed by atoms with Crippen LogP contribution in [0.4, 0.5) is 5.69 Å². The number of methoxy groups -OCH3 is 1. The number of amides is 1. The number of carbonyl (C=O) groups is 1. The summed E-state index contributed by atoms with van der Waals surface area (Å²) < 4.78 is 10.7. The Kier molecular flexibility index (Phi) is 5.68. The van der Waals surface area contributed by atoms with E-state index >= 15 is 0 Å². The number of nitrogens with zero attached hydrogens (tertiary/aromatic N) is 1. The smallest absolute Gasteiger partial charge is 0.255 e. The summed E-state index contributed by atoms with van der Waals surface area (Å²) >= 11 is 0. The summed E-state index contributed by atoms with van der Waals surface area (Å²) in [4.78, 5) is 15.0. The zero-order valence-corrected chi connectivity index (χ0v) is 14.7. The molecule has 0 atom stereocenters. The van der Waals surface area contributed by atoms with Gasteiger partial charge in [-0.1, -0.05) is 24.3 Å². The third-order valence-electron chi connectivity index (χ3n) is 4.43. The van der Waals surface area contributed by atoms with Gasteiger partial charge in [0, 0.05) is 30.9 Å². The highest BCUT2D eigenvalue weighted by Gasteiger charge is 2.15. The molecule has 0 bridgehead atoms. The summed E-state index contributed by atoms with van der Waals surface area (Å²) in [6.07, 6.45) is 0. The molecular formula is C20H24N2O3. The molecular weight excluding hydrogens is 316 g/mol. The second kappa shape index (κ2) is 8.14. The third-order valence-corrected chi connectivity index (χ3v) is 4.43. The van der Waals surface area contributed by atoms with Crippen LogP contribution in [0.25, 0.3) is 0 Å². The molecule has 0 unspecified atom stereocenters. The molecule has 0 saturated carbocycles. The van der Waals surface area contributed by atoms with Gasteiger partial charge in [0.1, 0.15) is 5.75 Å². The van der Waals surface area contributed by atoms with Crippen LogP contribution in [0.15, 0.2) is 42.5 Å². The first-order valence-electron chi connectivity index (χ1n) is 8.51. The van der Waals surface area contributed by atoms with Crippen molar-refractivity contribution in [3.05, 3.63) is 59.2 Å². The number of para-hydroxylation sites is 1. The molecule has 0 aliphatic carbocycles. The van der Waals surface area contributed by atoms with Gasteiger partial charge in [-0.05, 0) is 36.2 Å². The highest BCUT2D eigenvalue weighted by molar-refractivity contribution is 6.05. The molecule has 1 N–H and O–H groups in total. The molecule has 25 heavy (non-hydrogen) atoms. The number of morpholine rings is 1. The molecule has 1 saturated heterocycles. The third kappa shape index (κ3) is 4.38. The number of rotatable bonds is 5. The topological polar surface area (TPSA) is 50.8 Å². The van der Waals surface area contributed by atoms with Gasteiger partial charge in [0.25, 0.3) is 5.91 Å². The van der Waals surface area contributed by atoms with Crippen LogP contribution in [-0.2, 0) is 11.3 Å². The van der Waals surface area contributed by atoms with Crippen molar-refractivity contribution in [2.45, 2.75) is 13.5 Å². The normalized spacial score (nSPS) is 15.0. The zero-order chi connectivity index (χ0) is 17.6. The second-order valence-electron chi connectivity index (χ2n) is 6.18. The van der Waals surface area contributed by atoms with Crippen LogP contribution < -0.4 is 10.1 Å². The number of hydrogen-bond acceptors (Lipinski definition) is 4. The Morgan fingerprint density at radius 3 is 2.72 bits per heavy atom. The van der Waals surface area contributed by atoms with Crippen molar-refractivity contribution in [2.24, 2.45) is 0 Å². The van der Waals surface area contributed by atoms with E-state index in [9.17, 15) is 4.79 Å². The standard InChI is InChI=1S/C20H24N2O3/c1-15-7-8-16(13-19(15)24-2)20(23)21-18-6-4-3-5-17(18)14-22-9-11-25-12-10-22/h3-8,13H,9-12,14H2,1-2H3,(H,21,23). The number of aryl methyl sites for hydroxylation is 1. The van der Waals surface area contributed by atoms with Gasteiger partial charge in [-0.3, -0.25) is 9.69 Å². The van der Waals surface area contributed by atoms with Crippen LogP contribution in [0.2, 0.25) is 0 Å². The van der Waals surface area contributed by atoms with Gasteiger partial charge in [-0.15, -0.1) is 0 Å². The number of benzene rings is 2. The van der Waals surface area contributed by atoms with E-state index in [2.05, 4.69) is 16.3 Å². The first kappa shape index (κ1) is 17.5. The minimum Gasteiger partial charge on any atom is -0.496 e. The zero-order valence-electron chi connectivity index (χ0n) is 14.7. The van der Waals surface area contributed by atoms with E-state index in [1.54, 1.807) is 13.2 Å². The fourth-order valence-corrected chi connectivity index (χ4v) is 2.94. The quantitative estimate of drug-likeness (QED) is 0.909. The predicted molar refractivity (Wildman–Crippen MR) is 98.2 cm³/mol. The maximum Gasteiger partial charge on any atom is 0.255 e. The Morgan fingerprint density at radius 1 is 1.20 bits per heavy atom. The first-order chi connectivity index (χ1) is 12.2. The van der Waals surface area contributed by atoms with Crippen LogP contribution in [0, 0.1) is 6.92 Å². The van der Waals surface area contributed by atoms with E-state index < -0.39 is 0 Å². The average Bonchev–Trinajstić information content (AvgIpc) is 2.64. The number of hydrogen-bond donors (Lipinski definition) is 1. The molecule has 2 aromatic carbocycles. The van der Waals surface area contributed by atoms with Crippen molar-refractivity contribution in [1.29, 1.82) is 0 Å². The lowest BCUT2D eigenvalue weighted by atomic mass is 10.1. The summed E-state index contributed by atoms with van der Waals surface area (Å²) in [5, 5.41) is 3.03. The van der Waals surface area contributed by atoms with Gasteiger partial charge in [0.15, 0.2) is 0 Å². The molecule has 0 aromatic heterocycles. The highest BCUT2D eigenvalue weighted by atomic mass is 16.5. The van der Waals surface area contributed by atoms with Crippen LogP contribution in [0.3, 0.4) is 0 Å². The summed E-state index contributed by atoms with van der Waals surface area (Å²) in [7, 11) is 1.61. The lowest BCUT2D eigenvalue weighted by Crippen LogP contribution is -2.35. The monoisotopic (exact) mass is 340 g/mol. The Morgan fingerprint density at radius 2 is 1.96 bits per heavy atom.